The number of nitrogens with zero attached hydrogens (tertiary/aromatic N) is 1. The monoisotopic (exact) mass is 807 g/mol. The Bertz CT molecular complexity index is 1640. The number of amides is 2. The molecule has 1 aliphatic heterocycles. The first-order valence-corrected chi connectivity index (χ1v) is 21.5. The average Bonchev–Trinajstić information content (AvgIpc) is 3.90. The van der Waals surface area contributed by atoms with Gasteiger partial charge in [0.2, 0.25) is 11.8 Å². The molecule has 2 heterocycles. The minimum absolute atomic E-state index is 0.00762. The summed E-state index contributed by atoms with van der Waals surface area (Å²) >= 11 is 0. The summed E-state index contributed by atoms with van der Waals surface area (Å²) in [6.07, 6.45) is 1.99. The normalized spacial score (nSPS) is 26.5. The fourth-order valence-electron chi connectivity index (χ4n) is 7.83. The summed E-state index contributed by atoms with van der Waals surface area (Å²) < 4.78 is 32.0. The maximum Gasteiger partial charge on any atom is 0.243 e. The van der Waals surface area contributed by atoms with Gasteiger partial charge in [-0.15, -0.1) is 0 Å². The molecule has 1 aromatic heterocycles. The van der Waals surface area contributed by atoms with E-state index in [4.69, 9.17) is 4.74 Å². The van der Waals surface area contributed by atoms with E-state index < -0.39 is 99.6 Å². The van der Waals surface area contributed by atoms with Gasteiger partial charge in [0.25, 0.3) is 0 Å². The Morgan fingerprint density at radius 2 is 1.66 bits per heavy atom. The maximum absolute atomic E-state index is 14.3. The number of carbonyl (C=O) groups is 2. The Kier molecular flexibility index (Phi) is 15.5. The molecule has 0 radical (unpaired) electrons. The van der Waals surface area contributed by atoms with Crippen molar-refractivity contribution in [3.05, 3.63) is 54.1 Å². The summed E-state index contributed by atoms with van der Waals surface area (Å²) in [4.78, 5) is 35.5. The van der Waals surface area contributed by atoms with Gasteiger partial charge in [0.1, 0.15) is 30.5 Å². The number of aromatic amines is 1. The number of aliphatic hydroxyl groups is 6. The Balaban J connectivity index is 1.34. The number of carbonyl (C=O) groups excluding carboxylic acids is 2. The van der Waals surface area contributed by atoms with Gasteiger partial charge in [-0.05, 0) is 56.9 Å². The Labute approximate surface area is 328 Å². The fourth-order valence-corrected chi connectivity index (χ4v) is 9.38. The van der Waals surface area contributed by atoms with Crippen LogP contribution in [0.1, 0.15) is 76.5 Å². The molecule has 2 aliphatic carbocycles. The highest BCUT2D eigenvalue weighted by Crippen LogP contribution is 2.36. The number of imidazole rings is 1. The van der Waals surface area contributed by atoms with Gasteiger partial charge >= 0.3 is 0 Å². The number of aliphatic hydroxyl groups excluding tert-OH is 6. The number of sulfone groups is 1. The van der Waals surface area contributed by atoms with Gasteiger partial charge in [0.05, 0.1) is 47.5 Å². The second-order valence-corrected chi connectivity index (χ2v) is 19.2. The van der Waals surface area contributed by atoms with E-state index in [1.165, 1.54) is 26.4 Å². The van der Waals surface area contributed by atoms with Crippen molar-refractivity contribution in [2.45, 2.75) is 138 Å². The van der Waals surface area contributed by atoms with Crippen molar-refractivity contribution in [2.75, 3.05) is 18.9 Å². The summed E-state index contributed by atoms with van der Waals surface area (Å²) in [5.74, 6) is -2.84. The average molecular weight is 808 g/mol. The smallest absolute Gasteiger partial charge is 0.243 e. The van der Waals surface area contributed by atoms with Crippen molar-refractivity contribution in [1.82, 2.24) is 25.9 Å². The van der Waals surface area contributed by atoms with Crippen molar-refractivity contribution in [3.8, 4) is 0 Å². The molecule has 56 heavy (non-hydrogen) atoms. The fraction of sp³-hybridized carbons (Fsp3) is 0.718. The lowest BCUT2D eigenvalue weighted by molar-refractivity contribution is -0.254. The SMILES string of the molecule is CC(C)(CN[C@H]1[C@@H](O)[C@H](O)[C@@H](CO)O[C@@H]1O)S(=O)(=O)C[C@@H](Cc1ccccc1)C(=O)N[C@@H](Cc1cnc[nH]1)C(=O)N[C@@H](CC1CCCCC1)[C@@H](O)[C@@H](O)C1CC1. The summed E-state index contributed by atoms with van der Waals surface area (Å²) in [5.41, 5.74) is 1.23. The van der Waals surface area contributed by atoms with Crippen molar-refractivity contribution >= 4 is 21.7 Å². The third kappa shape index (κ3) is 11.6. The molecule has 0 unspecified atom stereocenters. The van der Waals surface area contributed by atoms with E-state index in [1.54, 1.807) is 30.3 Å². The minimum atomic E-state index is -4.16. The van der Waals surface area contributed by atoms with E-state index >= 15 is 0 Å². The van der Waals surface area contributed by atoms with Crippen molar-refractivity contribution < 1.29 is 53.4 Å². The first-order chi connectivity index (χ1) is 26.6. The minimum Gasteiger partial charge on any atom is -0.394 e. The molecule has 2 amide bonds. The standard InChI is InChI=1S/C39H61N5O11S/c1-39(2,21-41-31-35(49)34(48)30(19-45)55-38(31)52)56(53,54)20-26(15-23-9-5-3-6-10-23)36(50)44-29(17-27-18-40-22-42-27)37(51)43-28(16-24-11-7-4-8-12-24)33(47)32(46)25-13-14-25/h3,5-6,9-10,18,22,24-26,28-35,38,41,45-49,52H,4,7-8,11-17,19-21H2,1-2H3,(H,40,42)(H,43,51)(H,44,50)/t26-,28+,29+,30-,31+,32+,33-,34-,35-,38+/m1/s1. The first-order valence-electron chi connectivity index (χ1n) is 19.8. The third-order valence-corrected chi connectivity index (χ3v) is 14.4. The van der Waals surface area contributed by atoms with Crippen LogP contribution in [0.2, 0.25) is 0 Å². The van der Waals surface area contributed by atoms with Gasteiger partial charge < -0.3 is 56.3 Å². The van der Waals surface area contributed by atoms with Crippen LogP contribution in [-0.4, -0.2) is 139 Å². The molecular weight excluding hydrogens is 747 g/mol. The van der Waals surface area contributed by atoms with Crippen LogP contribution in [0, 0.1) is 17.8 Å². The number of nitrogens with one attached hydrogen (secondary N) is 4. The first kappa shape index (κ1) is 44.1. The van der Waals surface area contributed by atoms with Crippen LogP contribution in [0.3, 0.4) is 0 Å². The molecule has 0 bridgehead atoms. The molecule has 314 valence electrons. The Hall–Kier alpha value is -3.00. The number of H-pyrrole nitrogens is 1. The molecule has 16 nitrogen and oxygen atoms in total. The predicted octanol–water partition coefficient (Wildman–Crippen LogP) is -0.534. The number of hydrogen-bond acceptors (Lipinski definition) is 13. The Morgan fingerprint density at radius 1 is 0.964 bits per heavy atom. The van der Waals surface area contributed by atoms with E-state index in [1.807, 2.05) is 0 Å². The molecule has 2 saturated carbocycles. The van der Waals surface area contributed by atoms with E-state index in [-0.39, 0.29) is 31.2 Å². The van der Waals surface area contributed by atoms with Gasteiger partial charge in [-0.1, -0.05) is 62.4 Å². The lowest BCUT2D eigenvalue weighted by Gasteiger charge is -2.41. The van der Waals surface area contributed by atoms with Gasteiger partial charge in [0, 0.05) is 24.9 Å². The zero-order valence-corrected chi connectivity index (χ0v) is 33.1. The summed E-state index contributed by atoms with van der Waals surface area (Å²) in [6.45, 7) is 1.91. The molecule has 3 aliphatic rings. The van der Waals surface area contributed by atoms with E-state index in [0.29, 0.717) is 17.7 Å². The van der Waals surface area contributed by atoms with Crippen molar-refractivity contribution in [3.63, 3.8) is 0 Å². The number of ether oxygens (including phenoxy) is 1. The molecule has 0 spiro atoms. The number of rotatable bonds is 20. The van der Waals surface area contributed by atoms with Crippen LogP contribution in [-0.2, 0) is 37.0 Å². The van der Waals surface area contributed by atoms with Crippen molar-refractivity contribution in [2.24, 2.45) is 17.8 Å². The maximum atomic E-state index is 14.3. The van der Waals surface area contributed by atoms with Crippen LogP contribution in [0.15, 0.2) is 42.9 Å². The molecule has 10 atom stereocenters. The van der Waals surface area contributed by atoms with E-state index in [0.717, 1.165) is 44.9 Å². The number of aromatic nitrogens is 2. The van der Waals surface area contributed by atoms with Crippen LogP contribution in [0.4, 0.5) is 0 Å². The van der Waals surface area contributed by atoms with Gasteiger partial charge in [-0.3, -0.25) is 9.59 Å². The number of hydrogen-bond donors (Lipinski definition) is 10. The third-order valence-electron chi connectivity index (χ3n) is 11.7. The van der Waals surface area contributed by atoms with Crippen LogP contribution in [0.25, 0.3) is 0 Å². The van der Waals surface area contributed by atoms with Gasteiger partial charge in [-0.25, -0.2) is 13.4 Å². The highest BCUT2D eigenvalue weighted by atomic mass is 32.2. The van der Waals surface area contributed by atoms with Gasteiger partial charge in [-0.2, -0.15) is 0 Å². The molecule has 1 aromatic carbocycles. The van der Waals surface area contributed by atoms with E-state index in [9.17, 15) is 48.6 Å². The largest absolute Gasteiger partial charge is 0.394 e. The summed E-state index contributed by atoms with van der Waals surface area (Å²) in [6, 6.07) is 5.64. The highest BCUT2D eigenvalue weighted by Gasteiger charge is 2.46. The lowest BCUT2D eigenvalue weighted by atomic mass is 9.82. The zero-order chi connectivity index (χ0) is 40.6. The quantitative estimate of drug-likeness (QED) is 0.0808. The number of benzene rings is 1. The topological polar surface area (TPSA) is 264 Å². The summed E-state index contributed by atoms with van der Waals surface area (Å²) in [7, 11) is -4.16. The zero-order valence-electron chi connectivity index (χ0n) is 32.2. The second kappa shape index (κ2) is 19.6. The van der Waals surface area contributed by atoms with Crippen molar-refractivity contribution in [1.29, 1.82) is 0 Å². The lowest BCUT2D eigenvalue weighted by Crippen LogP contribution is -2.64. The molecule has 5 rings (SSSR count). The second-order valence-electron chi connectivity index (χ2n) is 16.6. The van der Waals surface area contributed by atoms with E-state index in [2.05, 4.69) is 25.9 Å². The molecule has 10 N–H and O–H groups in total. The molecule has 3 fully saturated rings. The van der Waals surface area contributed by atoms with Crippen LogP contribution >= 0.6 is 0 Å². The molecular formula is C39H61N5O11S. The predicted molar refractivity (Wildman–Crippen MR) is 205 cm³/mol. The molecule has 1 saturated heterocycles. The summed E-state index contributed by atoms with van der Waals surface area (Å²) in [5, 5.41) is 71.6. The van der Waals surface area contributed by atoms with Gasteiger partial charge in [0.15, 0.2) is 16.1 Å². The molecule has 2 aromatic rings. The van der Waals surface area contributed by atoms with Crippen LogP contribution < -0.4 is 16.0 Å². The highest BCUT2D eigenvalue weighted by molar-refractivity contribution is 7.92. The van der Waals surface area contributed by atoms with Crippen LogP contribution in [0.5, 0.6) is 0 Å². The Morgan fingerprint density at radius 3 is 2.29 bits per heavy atom. The molecule has 17 heteroatoms.